The zero-order chi connectivity index (χ0) is 18.6. The third-order valence-corrected chi connectivity index (χ3v) is 4.84. The summed E-state index contributed by atoms with van der Waals surface area (Å²) in [6.45, 7) is 1.22. The monoisotopic (exact) mass is 373 g/mol. The van der Waals surface area contributed by atoms with Crippen molar-refractivity contribution in [3.8, 4) is 11.5 Å². The summed E-state index contributed by atoms with van der Waals surface area (Å²) in [6, 6.07) is 11.6. The number of rotatable bonds is 4. The van der Waals surface area contributed by atoms with Crippen LogP contribution in [-0.2, 0) is 14.6 Å². The van der Waals surface area contributed by atoms with Crippen molar-refractivity contribution in [3.05, 3.63) is 54.1 Å². The third kappa shape index (κ3) is 4.64. The van der Waals surface area contributed by atoms with E-state index < -0.39 is 9.84 Å². The van der Waals surface area contributed by atoms with E-state index in [2.05, 4.69) is 5.32 Å². The van der Waals surface area contributed by atoms with Gasteiger partial charge in [0.1, 0.15) is 0 Å². The molecule has 0 unspecified atom stereocenters. The second-order valence-electron chi connectivity index (χ2n) is 5.88. The van der Waals surface area contributed by atoms with E-state index in [-0.39, 0.29) is 10.8 Å². The summed E-state index contributed by atoms with van der Waals surface area (Å²) in [4.78, 5) is 12.2. The number of nitrogens with one attached hydrogen (secondary N) is 1. The molecule has 0 atom stereocenters. The Hall–Kier alpha value is -2.80. The maximum atomic E-state index is 12.1. The highest BCUT2D eigenvalue weighted by atomic mass is 32.2. The van der Waals surface area contributed by atoms with Crippen molar-refractivity contribution in [1.82, 2.24) is 0 Å². The first-order valence-corrected chi connectivity index (χ1v) is 10.00. The molecule has 6 nitrogen and oxygen atoms in total. The van der Waals surface area contributed by atoms with Gasteiger partial charge in [-0.05, 0) is 42.0 Å². The molecule has 2 aromatic carbocycles. The molecule has 2 aromatic rings. The van der Waals surface area contributed by atoms with Gasteiger partial charge in [0.2, 0.25) is 5.91 Å². The van der Waals surface area contributed by atoms with Crippen LogP contribution >= 0.6 is 0 Å². The SMILES string of the molecule is CS(=O)(=O)c1cccc(NC(=O)C=Cc2ccc3c(c2)OCCCO3)c1. The molecule has 1 aliphatic heterocycles. The van der Waals surface area contributed by atoms with Crippen molar-refractivity contribution in [2.45, 2.75) is 11.3 Å². The molecule has 1 amide bonds. The fourth-order valence-electron chi connectivity index (χ4n) is 2.44. The minimum Gasteiger partial charge on any atom is -0.490 e. The third-order valence-electron chi connectivity index (χ3n) is 3.73. The molecule has 0 spiro atoms. The van der Waals surface area contributed by atoms with Gasteiger partial charge in [0.15, 0.2) is 21.3 Å². The molecule has 0 saturated heterocycles. The number of benzene rings is 2. The van der Waals surface area contributed by atoms with Gasteiger partial charge in [0.05, 0.1) is 18.1 Å². The normalized spacial score (nSPS) is 14.0. The zero-order valence-electron chi connectivity index (χ0n) is 14.3. The van der Waals surface area contributed by atoms with E-state index in [9.17, 15) is 13.2 Å². The van der Waals surface area contributed by atoms with E-state index in [1.54, 1.807) is 18.2 Å². The molecule has 1 aliphatic rings. The zero-order valence-corrected chi connectivity index (χ0v) is 15.1. The van der Waals surface area contributed by atoms with Crippen molar-refractivity contribution in [2.75, 3.05) is 24.8 Å². The van der Waals surface area contributed by atoms with Crippen molar-refractivity contribution < 1.29 is 22.7 Å². The van der Waals surface area contributed by atoms with Gasteiger partial charge in [-0.15, -0.1) is 0 Å². The van der Waals surface area contributed by atoms with E-state index in [4.69, 9.17) is 9.47 Å². The number of carbonyl (C=O) groups excluding carboxylic acids is 1. The van der Waals surface area contributed by atoms with Gasteiger partial charge in [-0.3, -0.25) is 4.79 Å². The minimum atomic E-state index is -3.32. The summed E-state index contributed by atoms with van der Waals surface area (Å²) in [5.41, 5.74) is 1.22. The van der Waals surface area contributed by atoms with Gasteiger partial charge in [0, 0.05) is 24.4 Å². The lowest BCUT2D eigenvalue weighted by Gasteiger charge is -2.07. The Morgan fingerprint density at radius 3 is 2.62 bits per heavy atom. The molecule has 0 bridgehead atoms. The summed E-state index contributed by atoms with van der Waals surface area (Å²) in [7, 11) is -3.32. The van der Waals surface area contributed by atoms with Crippen LogP contribution in [0.2, 0.25) is 0 Å². The van der Waals surface area contributed by atoms with Gasteiger partial charge in [0.25, 0.3) is 0 Å². The van der Waals surface area contributed by atoms with E-state index in [0.29, 0.717) is 30.4 Å². The van der Waals surface area contributed by atoms with Crippen molar-refractivity contribution in [1.29, 1.82) is 0 Å². The maximum Gasteiger partial charge on any atom is 0.248 e. The fraction of sp³-hybridized carbons (Fsp3) is 0.211. The Morgan fingerprint density at radius 2 is 1.85 bits per heavy atom. The first-order chi connectivity index (χ1) is 12.4. The van der Waals surface area contributed by atoms with Gasteiger partial charge in [-0.1, -0.05) is 12.1 Å². The number of amides is 1. The van der Waals surface area contributed by atoms with Crippen molar-refractivity contribution >= 4 is 27.5 Å². The summed E-state index contributed by atoms with van der Waals surface area (Å²) >= 11 is 0. The van der Waals surface area contributed by atoms with Gasteiger partial charge >= 0.3 is 0 Å². The summed E-state index contributed by atoms with van der Waals surface area (Å²) in [5.74, 6) is 0.996. The lowest BCUT2D eigenvalue weighted by Crippen LogP contribution is -2.08. The van der Waals surface area contributed by atoms with E-state index >= 15 is 0 Å². The quantitative estimate of drug-likeness (QED) is 0.834. The average molecular weight is 373 g/mol. The van der Waals surface area contributed by atoms with Crippen LogP contribution in [0.1, 0.15) is 12.0 Å². The predicted octanol–water partition coefficient (Wildman–Crippen LogP) is 2.90. The van der Waals surface area contributed by atoms with Crippen LogP contribution in [0.15, 0.2) is 53.4 Å². The van der Waals surface area contributed by atoms with Crippen LogP contribution in [0.25, 0.3) is 6.08 Å². The topological polar surface area (TPSA) is 81.7 Å². The molecule has 0 saturated carbocycles. The molecule has 3 rings (SSSR count). The first-order valence-electron chi connectivity index (χ1n) is 8.11. The molecule has 1 heterocycles. The van der Waals surface area contributed by atoms with Crippen LogP contribution in [0.5, 0.6) is 11.5 Å². The molecule has 26 heavy (non-hydrogen) atoms. The molecule has 0 aliphatic carbocycles. The lowest BCUT2D eigenvalue weighted by atomic mass is 10.2. The standard InChI is InChI=1S/C19H19NO5S/c1-26(22,23)16-5-2-4-15(13-16)20-19(21)9-7-14-6-8-17-18(12-14)25-11-3-10-24-17/h2,4-9,12-13H,3,10-11H2,1H3,(H,20,21). The summed E-state index contributed by atoms with van der Waals surface area (Å²) < 4.78 is 34.3. The Balaban J connectivity index is 1.69. The highest BCUT2D eigenvalue weighted by Crippen LogP contribution is 2.30. The number of sulfone groups is 1. The Bertz CT molecular complexity index is 950. The average Bonchev–Trinajstić information content (AvgIpc) is 2.84. The largest absolute Gasteiger partial charge is 0.490 e. The number of anilines is 1. The van der Waals surface area contributed by atoms with E-state index in [1.165, 1.54) is 18.2 Å². The molecule has 0 aromatic heterocycles. The van der Waals surface area contributed by atoms with E-state index in [1.807, 2.05) is 18.2 Å². The van der Waals surface area contributed by atoms with Crippen LogP contribution < -0.4 is 14.8 Å². The number of hydrogen-bond acceptors (Lipinski definition) is 5. The van der Waals surface area contributed by atoms with Gasteiger partial charge in [-0.2, -0.15) is 0 Å². The Labute approximate surface area is 152 Å². The van der Waals surface area contributed by atoms with Crippen molar-refractivity contribution in [2.24, 2.45) is 0 Å². The Kier molecular flexibility index (Phi) is 5.27. The molecule has 0 fully saturated rings. The van der Waals surface area contributed by atoms with Crippen LogP contribution in [0.4, 0.5) is 5.69 Å². The number of hydrogen-bond donors (Lipinski definition) is 1. The fourth-order valence-corrected chi connectivity index (χ4v) is 3.11. The molecule has 0 radical (unpaired) electrons. The van der Waals surface area contributed by atoms with Crippen LogP contribution in [0, 0.1) is 0 Å². The van der Waals surface area contributed by atoms with Crippen LogP contribution in [0.3, 0.4) is 0 Å². The number of ether oxygens (including phenoxy) is 2. The second kappa shape index (κ2) is 7.61. The smallest absolute Gasteiger partial charge is 0.248 e. The highest BCUT2D eigenvalue weighted by Gasteiger charge is 2.10. The summed E-state index contributed by atoms with van der Waals surface area (Å²) in [5, 5.41) is 2.65. The minimum absolute atomic E-state index is 0.155. The number of fused-ring (bicyclic) bond motifs is 1. The molecule has 136 valence electrons. The number of carbonyl (C=O) groups is 1. The maximum absolute atomic E-state index is 12.1. The van der Waals surface area contributed by atoms with E-state index in [0.717, 1.165) is 18.2 Å². The molecule has 7 heteroatoms. The lowest BCUT2D eigenvalue weighted by molar-refractivity contribution is -0.111. The highest BCUT2D eigenvalue weighted by molar-refractivity contribution is 7.90. The molecule has 1 N–H and O–H groups in total. The summed E-state index contributed by atoms with van der Waals surface area (Å²) in [6.07, 6.45) is 4.99. The van der Waals surface area contributed by atoms with Crippen LogP contribution in [-0.4, -0.2) is 33.8 Å². The first kappa shape index (κ1) is 18.0. The van der Waals surface area contributed by atoms with Gasteiger partial charge in [-0.25, -0.2) is 8.42 Å². The molecular formula is C19H19NO5S. The molecular weight excluding hydrogens is 354 g/mol. The predicted molar refractivity (Wildman–Crippen MR) is 99.3 cm³/mol. The van der Waals surface area contributed by atoms with Gasteiger partial charge < -0.3 is 14.8 Å². The second-order valence-corrected chi connectivity index (χ2v) is 7.89. The Morgan fingerprint density at radius 1 is 1.08 bits per heavy atom. The van der Waals surface area contributed by atoms with Crippen molar-refractivity contribution in [3.63, 3.8) is 0 Å².